The van der Waals surface area contributed by atoms with Gasteiger partial charge in [0.1, 0.15) is 42.7 Å². The molecule has 0 amide bonds. The van der Waals surface area contributed by atoms with E-state index in [0.29, 0.717) is 51.4 Å². The van der Waals surface area contributed by atoms with Crippen LogP contribution in [0.1, 0.15) is 57.8 Å². The molecule has 294 valence electrons. The first-order valence-corrected chi connectivity index (χ1v) is 18.6. The van der Waals surface area contributed by atoms with Gasteiger partial charge in [0.25, 0.3) is 0 Å². The van der Waals surface area contributed by atoms with Gasteiger partial charge in [-0.2, -0.15) is 0 Å². The molecule has 17 nitrogen and oxygen atoms in total. The van der Waals surface area contributed by atoms with Gasteiger partial charge < -0.3 is 84.6 Å². The lowest BCUT2D eigenvalue weighted by Crippen LogP contribution is -2.67. The fraction of sp³-hybridized carbons (Fsp3) is 1.00. The van der Waals surface area contributed by atoms with Crippen LogP contribution in [0.25, 0.3) is 0 Å². The quantitative estimate of drug-likeness (QED) is 0.119. The first kappa shape index (κ1) is 38.6. The van der Waals surface area contributed by atoms with Crippen LogP contribution in [0.3, 0.4) is 0 Å². The second-order valence-electron chi connectivity index (χ2n) is 16.0. The Balaban J connectivity index is 1.22. The van der Waals surface area contributed by atoms with Gasteiger partial charge in [-0.15, -0.1) is 0 Å². The summed E-state index contributed by atoms with van der Waals surface area (Å²) in [5.41, 5.74) is 0. The van der Waals surface area contributed by atoms with E-state index in [1.165, 1.54) is 0 Å². The zero-order valence-electron chi connectivity index (χ0n) is 28.4. The topological polar surface area (TPSA) is 278 Å². The average molecular weight is 737 g/mol. The van der Waals surface area contributed by atoms with Gasteiger partial charge >= 0.3 is 0 Å². The largest absolute Gasteiger partial charge is 0.394 e. The molecule has 11 N–H and O–H groups in total. The monoisotopic (exact) mass is 736 g/mol. The molecule has 0 aromatic heterocycles. The third-order valence-electron chi connectivity index (χ3n) is 12.8. The van der Waals surface area contributed by atoms with Gasteiger partial charge in [-0.05, 0) is 75.5 Å². The first-order valence-electron chi connectivity index (χ1n) is 18.6. The van der Waals surface area contributed by atoms with Crippen molar-refractivity contribution in [3.05, 3.63) is 0 Å². The van der Waals surface area contributed by atoms with E-state index in [-0.39, 0.29) is 42.8 Å². The Kier molecular flexibility index (Phi) is 12.0. The minimum absolute atomic E-state index is 0.0973. The number of aliphatic hydroxyl groups excluding tert-OH is 11. The molecule has 7 aliphatic rings. The van der Waals surface area contributed by atoms with E-state index >= 15 is 0 Å². The standard InChI is InChI=1S/C34H56O17/c35-10-24-27(43)28(44)32(51-33-29(45)26(42)20(41)11-46-33)34(49-24)50-31-15-9-21(12-1-3-16(37)18(39)5-12)47-22-7-14(36)8-23(25(15)22)48-30(31)13-2-4-17(38)19(40)6-13/h12-45H,1-11H2. The van der Waals surface area contributed by atoms with Gasteiger partial charge in [0, 0.05) is 5.92 Å². The van der Waals surface area contributed by atoms with Crippen LogP contribution in [-0.2, 0) is 28.4 Å². The number of ether oxygens (including phenoxy) is 6. The van der Waals surface area contributed by atoms with Crippen LogP contribution >= 0.6 is 0 Å². The lowest BCUT2D eigenvalue weighted by Gasteiger charge is -2.59. The fourth-order valence-electron chi connectivity index (χ4n) is 9.95. The summed E-state index contributed by atoms with van der Waals surface area (Å²) >= 11 is 0. The Morgan fingerprint density at radius 1 is 0.510 bits per heavy atom. The second-order valence-corrected chi connectivity index (χ2v) is 16.0. The maximum absolute atomic E-state index is 11.3. The molecule has 4 heterocycles. The Hall–Kier alpha value is -0.680. The van der Waals surface area contributed by atoms with Crippen molar-refractivity contribution in [3.8, 4) is 0 Å². The highest BCUT2D eigenvalue weighted by molar-refractivity contribution is 5.07. The van der Waals surface area contributed by atoms with Crippen molar-refractivity contribution >= 4 is 0 Å². The molecule has 17 heteroatoms. The van der Waals surface area contributed by atoms with Crippen molar-refractivity contribution in [3.63, 3.8) is 0 Å². The second kappa shape index (κ2) is 15.8. The van der Waals surface area contributed by atoms with E-state index in [4.69, 9.17) is 28.4 Å². The predicted molar refractivity (Wildman–Crippen MR) is 168 cm³/mol. The molecule has 4 aliphatic heterocycles. The van der Waals surface area contributed by atoms with Crippen molar-refractivity contribution in [1.82, 2.24) is 0 Å². The van der Waals surface area contributed by atoms with Crippen LogP contribution in [0.2, 0.25) is 0 Å². The molecular weight excluding hydrogens is 680 g/mol. The van der Waals surface area contributed by atoms with Crippen molar-refractivity contribution in [2.24, 2.45) is 23.7 Å². The fourth-order valence-corrected chi connectivity index (χ4v) is 9.95. The molecule has 0 spiro atoms. The van der Waals surface area contributed by atoms with Crippen LogP contribution in [0.4, 0.5) is 0 Å². The van der Waals surface area contributed by atoms with Gasteiger partial charge in [-0.25, -0.2) is 0 Å². The van der Waals surface area contributed by atoms with E-state index in [1.54, 1.807) is 0 Å². The molecular formula is C34H56O17. The molecule has 3 aliphatic carbocycles. The minimum atomic E-state index is -1.73. The Morgan fingerprint density at radius 2 is 1.14 bits per heavy atom. The Bertz CT molecular complexity index is 1140. The van der Waals surface area contributed by atoms with Crippen LogP contribution in [-0.4, -0.2) is 186 Å². The van der Waals surface area contributed by atoms with Crippen LogP contribution in [0.5, 0.6) is 0 Å². The summed E-state index contributed by atoms with van der Waals surface area (Å²) in [6.07, 6.45) is -17.7. The molecule has 4 saturated heterocycles. The van der Waals surface area contributed by atoms with Crippen LogP contribution in [0, 0.1) is 23.7 Å². The summed E-state index contributed by atoms with van der Waals surface area (Å²) in [5.74, 6) is -0.976. The summed E-state index contributed by atoms with van der Waals surface area (Å²) in [6, 6.07) is 0. The molecule has 0 radical (unpaired) electrons. The SMILES string of the molecule is OCC1OC(OC2C3CC(C4CCC(O)C(O)C4)OC4CC(O)CC(OC2C2CCC(O)C(O)C2)C43)C(OC2OCC(O)C(O)C2O)C(O)C1O. The molecule has 7 fully saturated rings. The maximum Gasteiger partial charge on any atom is 0.187 e. The number of hydrogen-bond donors (Lipinski definition) is 11. The maximum atomic E-state index is 11.3. The zero-order valence-corrected chi connectivity index (χ0v) is 28.4. The minimum Gasteiger partial charge on any atom is -0.394 e. The number of hydrogen-bond acceptors (Lipinski definition) is 17. The smallest absolute Gasteiger partial charge is 0.187 e. The molecule has 51 heavy (non-hydrogen) atoms. The van der Waals surface area contributed by atoms with Crippen molar-refractivity contribution < 1.29 is 84.6 Å². The zero-order chi connectivity index (χ0) is 36.3. The first-order chi connectivity index (χ1) is 24.3. The summed E-state index contributed by atoms with van der Waals surface area (Å²) in [4.78, 5) is 0. The number of aliphatic hydroxyl groups is 11. The summed E-state index contributed by atoms with van der Waals surface area (Å²) in [6.45, 7) is -1.07. The molecule has 0 aromatic rings. The van der Waals surface area contributed by atoms with Crippen molar-refractivity contribution in [2.45, 2.75) is 174 Å². The Labute approximate surface area is 295 Å². The van der Waals surface area contributed by atoms with Gasteiger partial charge in [-0.1, -0.05) is 0 Å². The molecule has 23 atom stereocenters. The van der Waals surface area contributed by atoms with Gasteiger partial charge in [0.15, 0.2) is 12.6 Å². The number of rotatable bonds is 7. The van der Waals surface area contributed by atoms with Crippen molar-refractivity contribution in [2.75, 3.05) is 13.2 Å². The van der Waals surface area contributed by atoms with Crippen molar-refractivity contribution in [1.29, 1.82) is 0 Å². The van der Waals surface area contributed by atoms with E-state index < -0.39 is 117 Å². The van der Waals surface area contributed by atoms with Gasteiger partial charge in [0.05, 0.1) is 74.3 Å². The molecule has 0 bridgehead atoms. The molecule has 7 rings (SSSR count). The van der Waals surface area contributed by atoms with Crippen LogP contribution in [0.15, 0.2) is 0 Å². The van der Waals surface area contributed by atoms with E-state index in [0.717, 1.165) is 0 Å². The lowest BCUT2D eigenvalue weighted by molar-refractivity contribution is -0.380. The highest BCUT2D eigenvalue weighted by Crippen LogP contribution is 2.52. The van der Waals surface area contributed by atoms with Gasteiger partial charge in [-0.3, -0.25) is 0 Å². The average Bonchev–Trinajstić information content (AvgIpc) is 3.10. The highest BCUT2D eigenvalue weighted by atomic mass is 16.8. The summed E-state index contributed by atoms with van der Waals surface area (Å²) in [7, 11) is 0. The van der Waals surface area contributed by atoms with E-state index in [1.807, 2.05) is 0 Å². The molecule has 3 saturated carbocycles. The normalized spacial score (nSPS) is 56.6. The van der Waals surface area contributed by atoms with E-state index in [9.17, 15) is 56.2 Å². The summed E-state index contributed by atoms with van der Waals surface area (Å²) in [5, 5.41) is 116. The molecule has 23 unspecified atom stereocenters. The predicted octanol–water partition coefficient (Wildman–Crippen LogP) is -4.01. The Morgan fingerprint density at radius 3 is 1.80 bits per heavy atom. The third-order valence-corrected chi connectivity index (χ3v) is 12.8. The third kappa shape index (κ3) is 7.63. The van der Waals surface area contributed by atoms with Gasteiger partial charge in [0.2, 0.25) is 0 Å². The highest BCUT2D eigenvalue weighted by Gasteiger charge is 2.60. The lowest BCUT2D eigenvalue weighted by atomic mass is 9.63. The molecule has 0 aromatic carbocycles. The summed E-state index contributed by atoms with van der Waals surface area (Å²) < 4.78 is 37.8. The van der Waals surface area contributed by atoms with E-state index in [2.05, 4.69) is 0 Å². The van der Waals surface area contributed by atoms with Crippen LogP contribution < -0.4 is 0 Å².